The fourth-order valence-corrected chi connectivity index (χ4v) is 1.44. The maximum Gasteiger partial charge on any atom is 0.409 e. The molecule has 17 heavy (non-hydrogen) atoms. The second-order valence-corrected chi connectivity index (χ2v) is 3.66. The number of aromatic nitrogens is 2. The minimum Gasteiger partial charge on any atom is -0.465 e. The largest absolute Gasteiger partial charge is 0.465 e. The zero-order chi connectivity index (χ0) is 12.4. The van der Waals surface area contributed by atoms with Gasteiger partial charge in [-0.2, -0.15) is 0 Å². The summed E-state index contributed by atoms with van der Waals surface area (Å²) in [5.41, 5.74) is 1.36. The second-order valence-electron chi connectivity index (χ2n) is 3.27. The molecule has 7 heteroatoms. The maximum absolute atomic E-state index is 10.6. The van der Waals surface area contributed by atoms with Crippen LogP contribution >= 0.6 is 11.6 Å². The van der Waals surface area contributed by atoms with Crippen LogP contribution in [0.2, 0.25) is 5.15 Å². The topological polar surface area (TPSA) is 88.3 Å². The number of aryl methyl sites for hydroxylation is 1. The van der Waals surface area contributed by atoms with Crippen molar-refractivity contribution in [2.75, 3.05) is 5.32 Å². The van der Waals surface area contributed by atoms with Crippen LogP contribution < -0.4 is 5.32 Å². The standard InChI is InChI=1S/C10H8ClN3O3/c1-5-8(13-10(15)16)9(17-14-5)6-2-3-7(11)12-4-6/h2-4,13H,1H3,(H,15,16). The predicted octanol–water partition coefficient (Wildman–Crippen LogP) is 2.79. The van der Waals surface area contributed by atoms with Crippen molar-refractivity contribution in [3.8, 4) is 11.3 Å². The number of rotatable bonds is 2. The average Bonchev–Trinajstić information content (AvgIpc) is 2.61. The highest BCUT2D eigenvalue weighted by Gasteiger charge is 2.17. The van der Waals surface area contributed by atoms with Crippen LogP contribution in [0.3, 0.4) is 0 Å². The molecule has 88 valence electrons. The van der Waals surface area contributed by atoms with E-state index in [1.54, 1.807) is 19.1 Å². The number of anilines is 1. The average molecular weight is 254 g/mol. The van der Waals surface area contributed by atoms with Gasteiger partial charge in [-0.25, -0.2) is 9.78 Å². The number of hydrogen-bond donors (Lipinski definition) is 2. The van der Waals surface area contributed by atoms with Gasteiger partial charge in [0, 0.05) is 11.8 Å². The Labute approximate surface area is 101 Å². The van der Waals surface area contributed by atoms with Crippen molar-refractivity contribution in [2.24, 2.45) is 0 Å². The van der Waals surface area contributed by atoms with Gasteiger partial charge in [-0.3, -0.25) is 5.32 Å². The Morgan fingerprint density at radius 3 is 2.88 bits per heavy atom. The van der Waals surface area contributed by atoms with Gasteiger partial charge in [-0.05, 0) is 19.1 Å². The van der Waals surface area contributed by atoms with Crippen molar-refractivity contribution in [2.45, 2.75) is 6.92 Å². The van der Waals surface area contributed by atoms with Gasteiger partial charge in [-0.15, -0.1) is 0 Å². The summed E-state index contributed by atoms with van der Waals surface area (Å²) < 4.78 is 5.06. The normalized spacial score (nSPS) is 10.2. The van der Waals surface area contributed by atoms with Crippen LogP contribution in [0.15, 0.2) is 22.9 Å². The first-order valence-corrected chi connectivity index (χ1v) is 5.04. The molecule has 0 radical (unpaired) electrons. The molecular formula is C10H8ClN3O3. The summed E-state index contributed by atoms with van der Waals surface area (Å²) in [6, 6.07) is 3.25. The summed E-state index contributed by atoms with van der Waals surface area (Å²) in [7, 11) is 0. The molecule has 0 bridgehead atoms. The molecule has 0 spiro atoms. The van der Waals surface area contributed by atoms with Gasteiger partial charge < -0.3 is 9.63 Å². The first-order valence-electron chi connectivity index (χ1n) is 4.66. The molecule has 0 aliphatic rings. The monoisotopic (exact) mass is 253 g/mol. The van der Waals surface area contributed by atoms with E-state index >= 15 is 0 Å². The minimum atomic E-state index is -1.18. The van der Waals surface area contributed by atoms with Crippen molar-refractivity contribution in [1.82, 2.24) is 10.1 Å². The molecule has 0 fully saturated rings. The Morgan fingerprint density at radius 2 is 2.29 bits per heavy atom. The van der Waals surface area contributed by atoms with Crippen LogP contribution in [0.1, 0.15) is 5.69 Å². The van der Waals surface area contributed by atoms with Gasteiger partial charge in [-0.1, -0.05) is 16.8 Å². The molecule has 0 aliphatic carbocycles. The van der Waals surface area contributed by atoms with Crippen LogP contribution in [0.25, 0.3) is 11.3 Å². The fourth-order valence-electron chi connectivity index (χ4n) is 1.33. The third-order valence-corrected chi connectivity index (χ3v) is 2.31. The maximum atomic E-state index is 10.6. The van der Waals surface area contributed by atoms with Crippen LogP contribution in [0, 0.1) is 6.92 Å². The van der Waals surface area contributed by atoms with Crippen LogP contribution in [-0.2, 0) is 0 Å². The zero-order valence-corrected chi connectivity index (χ0v) is 9.52. The predicted molar refractivity (Wildman–Crippen MR) is 61.1 cm³/mol. The van der Waals surface area contributed by atoms with E-state index in [4.69, 9.17) is 21.2 Å². The lowest BCUT2D eigenvalue weighted by atomic mass is 10.2. The summed E-state index contributed by atoms with van der Waals surface area (Å²) in [5.74, 6) is 0.314. The number of amides is 1. The first-order chi connectivity index (χ1) is 8.08. The summed E-state index contributed by atoms with van der Waals surface area (Å²) in [4.78, 5) is 14.5. The molecule has 2 aromatic heterocycles. The lowest BCUT2D eigenvalue weighted by Gasteiger charge is -2.01. The summed E-state index contributed by atoms with van der Waals surface area (Å²) in [5, 5.41) is 15.0. The third-order valence-electron chi connectivity index (χ3n) is 2.08. The SMILES string of the molecule is Cc1noc(-c2ccc(Cl)nc2)c1NC(=O)O. The molecule has 0 atom stereocenters. The van der Waals surface area contributed by atoms with Gasteiger partial charge in [0.25, 0.3) is 0 Å². The second kappa shape index (κ2) is 4.42. The van der Waals surface area contributed by atoms with Crippen molar-refractivity contribution in [3.63, 3.8) is 0 Å². The molecule has 6 nitrogen and oxygen atoms in total. The van der Waals surface area contributed by atoms with Crippen LogP contribution in [-0.4, -0.2) is 21.3 Å². The zero-order valence-electron chi connectivity index (χ0n) is 8.77. The lowest BCUT2D eigenvalue weighted by molar-refractivity contribution is 0.209. The molecule has 2 N–H and O–H groups in total. The van der Waals surface area contributed by atoms with Crippen molar-refractivity contribution >= 4 is 23.4 Å². The molecular weight excluding hydrogens is 246 g/mol. The third kappa shape index (κ3) is 2.36. The Hall–Kier alpha value is -2.08. The molecule has 0 unspecified atom stereocenters. The summed E-state index contributed by atoms with van der Waals surface area (Å²) in [6.45, 7) is 1.64. The summed E-state index contributed by atoms with van der Waals surface area (Å²) in [6.07, 6.45) is 0.300. The molecule has 0 saturated carbocycles. The van der Waals surface area contributed by atoms with E-state index in [1.807, 2.05) is 0 Å². The molecule has 2 aromatic rings. The highest BCUT2D eigenvalue weighted by atomic mass is 35.5. The van der Waals surface area contributed by atoms with Gasteiger partial charge in [0.1, 0.15) is 16.5 Å². The first kappa shape index (κ1) is 11.4. The molecule has 0 aromatic carbocycles. The van der Waals surface area contributed by atoms with Gasteiger partial charge in [0.05, 0.1) is 0 Å². The fraction of sp³-hybridized carbons (Fsp3) is 0.100. The van der Waals surface area contributed by atoms with E-state index in [0.717, 1.165) is 0 Å². The Balaban J connectivity index is 2.45. The highest BCUT2D eigenvalue weighted by Crippen LogP contribution is 2.30. The van der Waals surface area contributed by atoms with E-state index in [9.17, 15) is 4.79 Å². The number of halogens is 1. The number of hydrogen-bond acceptors (Lipinski definition) is 4. The quantitative estimate of drug-likeness (QED) is 0.804. The van der Waals surface area contributed by atoms with Gasteiger partial charge in [0.15, 0.2) is 5.76 Å². The molecule has 1 amide bonds. The molecule has 0 saturated heterocycles. The number of nitrogens with zero attached hydrogens (tertiary/aromatic N) is 2. The number of carbonyl (C=O) groups is 1. The van der Waals surface area contributed by atoms with Gasteiger partial charge >= 0.3 is 6.09 Å². The lowest BCUT2D eigenvalue weighted by Crippen LogP contribution is -2.08. The molecule has 2 rings (SSSR count). The summed E-state index contributed by atoms with van der Waals surface area (Å²) >= 11 is 5.66. The molecule has 0 aliphatic heterocycles. The van der Waals surface area contributed by atoms with Crippen molar-refractivity contribution < 1.29 is 14.4 Å². The smallest absolute Gasteiger partial charge is 0.409 e. The van der Waals surface area contributed by atoms with Crippen molar-refractivity contribution in [1.29, 1.82) is 0 Å². The number of carboxylic acid groups (broad SMARTS) is 1. The van der Waals surface area contributed by atoms with Gasteiger partial charge in [0.2, 0.25) is 0 Å². The van der Waals surface area contributed by atoms with Crippen LogP contribution in [0.4, 0.5) is 10.5 Å². The van der Waals surface area contributed by atoms with E-state index in [2.05, 4.69) is 15.5 Å². The Bertz CT molecular complexity index is 550. The van der Waals surface area contributed by atoms with E-state index in [1.165, 1.54) is 6.20 Å². The van der Waals surface area contributed by atoms with E-state index < -0.39 is 6.09 Å². The van der Waals surface area contributed by atoms with E-state index in [-0.39, 0.29) is 0 Å². The Kier molecular flexibility index (Phi) is 2.97. The Morgan fingerprint density at radius 1 is 1.53 bits per heavy atom. The number of nitrogens with one attached hydrogen (secondary N) is 1. The minimum absolute atomic E-state index is 0.307. The highest BCUT2D eigenvalue weighted by molar-refractivity contribution is 6.29. The number of pyridine rings is 1. The molecule has 2 heterocycles. The van der Waals surface area contributed by atoms with Crippen molar-refractivity contribution in [3.05, 3.63) is 29.2 Å². The van der Waals surface area contributed by atoms with Crippen LogP contribution in [0.5, 0.6) is 0 Å². The van der Waals surface area contributed by atoms with E-state index in [0.29, 0.717) is 27.9 Å².